The summed E-state index contributed by atoms with van der Waals surface area (Å²) in [5, 5.41) is 8.21. The predicted octanol–water partition coefficient (Wildman–Crippen LogP) is 2.15. The van der Waals surface area contributed by atoms with E-state index >= 15 is 0 Å². The van der Waals surface area contributed by atoms with Crippen molar-refractivity contribution >= 4 is 0 Å². The Hall–Kier alpha value is -0.870. The molecule has 0 aliphatic carbocycles. The first-order chi connectivity index (χ1) is 8.89. The zero-order valence-electron chi connectivity index (χ0n) is 12.7. The Bertz CT molecular complexity index is 400. The average molecular weight is 265 g/mol. The van der Waals surface area contributed by atoms with Gasteiger partial charge in [-0.15, -0.1) is 0 Å². The van der Waals surface area contributed by atoms with Crippen molar-refractivity contribution in [2.75, 3.05) is 19.8 Å². The van der Waals surface area contributed by atoms with Gasteiger partial charge >= 0.3 is 0 Å². The van der Waals surface area contributed by atoms with Crippen molar-refractivity contribution in [3.63, 3.8) is 0 Å². The first-order valence-electron chi connectivity index (χ1n) is 7.20. The van der Waals surface area contributed by atoms with Crippen LogP contribution in [0.3, 0.4) is 0 Å². The number of hydrogen-bond donors (Lipinski definition) is 1. The molecule has 4 nitrogen and oxygen atoms in total. The highest BCUT2D eigenvalue weighted by Crippen LogP contribution is 2.33. The molecule has 4 heteroatoms. The largest absolute Gasteiger partial charge is 0.381 e. The minimum absolute atomic E-state index is 0.162. The lowest BCUT2D eigenvalue weighted by Gasteiger charge is -2.39. The molecule has 108 valence electrons. The molecule has 0 unspecified atom stereocenters. The van der Waals surface area contributed by atoms with E-state index in [4.69, 9.17) is 4.74 Å². The number of ether oxygens (including phenoxy) is 1. The van der Waals surface area contributed by atoms with Crippen LogP contribution in [0, 0.1) is 5.41 Å². The standard InChI is InChI=1S/C15H27N3O/c1-14(2,3)16-12-15(6-9-19-10-7-15)11-13-5-8-18(4)17-13/h5,8,16H,6-7,9-12H2,1-4H3. The molecule has 2 heterocycles. The maximum Gasteiger partial charge on any atom is 0.0630 e. The van der Waals surface area contributed by atoms with Crippen molar-refractivity contribution in [2.24, 2.45) is 12.5 Å². The Morgan fingerprint density at radius 1 is 1.37 bits per heavy atom. The van der Waals surface area contributed by atoms with Gasteiger partial charge in [-0.3, -0.25) is 4.68 Å². The molecule has 1 N–H and O–H groups in total. The Kier molecular flexibility index (Phi) is 4.31. The molecule has 1 fully saturated rings. The summed E-state index contributed by atoms with van der Waals surface area (Å²) in [6, 6.07) is 2.13. The van der Waals surface area contributed by atoms with E-state index in [1.807, 2.05) is 17.9 Å². The molecule has 1 saturated heterocycles. The molecule has 0 amide bonds. The van der Waals surface area contributed by atoms with Gasteiger partial charge in [-0.2, -0.15) is 5.10 Å². The van der Waals surface area contributed by atoms with Gasteiger partial charge in [-0.25, -0.2) is 0 Å². The van der Waals surface area contributed by atoms with E-state index in [1.54, 1.807) is 0 Å². The minimum Gasteiger partial charge on any atom is -0.381 e. The first-order valence-corrected chi connectivity index (χ1v) is 7.20. The number of nitrogens with zero attached hydrogens (tertiary/aromatic N) is 2. The molecule has 0 saturated carbocycles. The number of rotatable bonds is 4. The van der Waals surface area contributed by atoms with Crippen molar-refractivity contribution < 1.29 is 4.74 Å². The highest BCUT2D eigenvalue weighted by atomic mass is 16.5. The lowest BCUT2D eigenvalue weighted by molar-refractivity contribution is 0.0116. The van der Waals surface area contributed by atoms with E-state index in [-0.39, 0.29) is 5.54 Å². The molecule has 1 aliphatic rings. The number of aromatic nitrogens is 2. The molecule has 0 atom stereocenters. The van der Waals surface area contributed by atoms with Crippen LogP contribution in [-0.4, -0.2) is 35.1 Å². The molecule has 1 aromatic heterocycles. The topological polar surface area (TPSA) is 39.1 Å². The zero-order chi connectivity index (χ0) is 13.9. The van der Waals surface area contributed by atoms with Crippen LogP contribution in [0.2, 0.25) is 0 Å². The van der Waals surface area contributed by atoms with E-state index in [1.165, 1.54) is 5.69 Å². The van der Waals surface area contributed by atoms with E-state index in [2.05, 4.69) is 37.3 Å². The fourth-order valence-electron chi connectivity index (χ4n) is 2.61. The van der Waals surface area contributed by atoms with Crippen LogP contribution < -0.4 is 5.32 Å². The second-order valence-corrected chi connectivity index (χ2v) is 6.87. The molecular weight excluding hydrogens is 238 g/mol. The second-order valence-electron chi connectivity index (χ2n) is 6.87. The summed E-state index contributed by atoms with van der Waals surface area (Å²) < 4.78 is 7.43. The summed E-state index contributed by atoms with van der Waals surface area (Å²) in [5.41, 5.74) is 1.65. The summed E-state index contributed by atoms with van der Waals surface area (Å²) in [7, 11) is 1.98. The smallest absolute Gasteiger partial charge is 0.0630 e. The summed E-state index contributed by atoms with van der Waals surface area (Å²) in [4.78, 5) is 0. The highest BCUT2D eigenvalue weighted by molar-refractivity contribution is 5.04. The third-order valence-corrected chi connectivity index (χ3v) is 3.87. The minimum atomic E-state index is 0.162. The van der Waals surface area contributed by atoms with Gasteiger partial charge < -0.3 is 10.1 Å². The van der Waals surface area contributed by atoms with Crippen LogP contribution >= 0.6 is 0 Å². The maximum atomic E-state index is 5.55. The monoisotopic (exact) mass is 265 g/mol. The number of hydrogen-bond acceptors (Lipinski definition) is 3. The fraction of sp³-hybridized carbons (Fsp3) is 0.800. The Morgan fingerprint density at radius 3 is 2.58 bits per heavy atom. The highest BCUT2D eigenvalue weighted by Gasteiger charge is 2.34. The van der Waals surface area contributed by atoms with Gasteiger partial charge in [0.15, 0.2) is 0 Å². The molecule has 0 bridgehead atoms. The molecule has 0 radical (unpaired) electrons. The summed E-state index contributed by atoms with van der Waals surface area (Å²) >= 11 is 0. The van der Waals surface area contributed by atoms with Crippen LogP contribution in [0.4, 0.5) is 0 Å². The molecule has 0 aromatic carbocycles. The number of aryl methyl sites for hydroxylation is 1. The third kappa shape index (κ3) is 4.32. The lowest BCUT2D eigenvalue weighted by atomic mass is 9.76. The number of nitrogens with one attached hydrogen (secondary N) is 1. The van der Waals surface area contributed by atoms with Gasteiger partial charge in [0.25, 0.3) is 0 Å². The summed E-state index contributed by atoms with van der Waals surface area (Å²) in [5.74, 6) is 0. The normalized spacial score (nSPS) is 19.6. The Labute approximate surface area is 116 Å². The third-order valence-electron chi connectivity index (χ3n) is 3.87. The molecule has 1 aromatic rings. The van der Waals surface area contributed by atoms with Crippen LogP contribution in [-0.2, 0) is 18.2 Å². The van der Waals surface area contributed by atoms with Gasteiger partial charge in [-0.1, -0.05) is 0 Å². The van der Waals surface area contributed by atoms with E-state index in [0.29, 0.717) is 5.41 Å². The van der Waals surface area contributed by atoms with E-state index in [0.717, 1.165) is 39.0 Å². The van der Waals surface area contributed by atoms with Crippen molar-refractivity contribution in [3.8, 4) is 0 Å². The van der Waals surface area contributed by atoms with Crippen molar-refractivity contribution in [3.05, 3.63) is 18.0 Å². The van der Waals surface area contributed by atoms with Crippen molar-refractivity contribution in [1.29, 1.82) is 0 Å². The molecule has 2 rings (SSSR count). The summed E-state index contributed by atoms with van der Waals surface area (Å²) in [6.07, 6.45) is 5.30. The maximum absolute atomic E-state index is 5.55. The van der Waals surface area contributed by atoms with Gasteiger partial charge in [0, 0.05) is 38.5 Å². The average Bonchev–Trinajstić information content (AvgIpc) is 2.73. The van der Waals surface area contributed by atoms with Crippen LogP contribution in [0.5, 0.6) is 0 Å². The second kappa shape index (κ2) is 5.63. The van der Waals surface area contributed by atoms with E-state index < -0.39 is 0 Å². The van der Waals surface area contributed by atoms with Crippen molar-refractivity contribution in [2.45, 2.75) is 45.6 Å². The van der Waals surface area contributed by atoms with Gasteiger partial charge in [0.05, 0.1) is 5.69 Å². The summed E-state index contributed by atoms with van der Waals surface area (Å²) in [6.45, 7) is 9.45. The van der Waals surface area contributed by atoms with Crippen molar-refractivity contribution in [1.82, 2.24) is 15.1 Å². The van der Waals surface area contributed by atoms with Crippen LogP contribution in [0.1, 0.15) is 39.3 Å². The van der Waals surface area contributed by atoms with Gasteiger partial charge in [-0.05, 0) is 51.5 Å². The quantitative estimate of drug-likeness (QED) is 0.906. The molecule has 1 aliphatic heterocycles. The predicted molar refractivity (Wildman–Crippen MR) is 77.2 cm³/mol. The van der Waals surface area contributed by atoms with Crippen LogP contribution in [0.15, 0.2) is 12.3 Å². The van der Waals surface area contributed by atoms with Gasteiger partial charge in [0.2, 0.25) is 0 Å². The van der Waals surface area contributed by atoms with Gasteiger partial charge in [0.1, 0.15) is 0 Å². The first kappa shape index (κ1) is 14.5. The Morgan fingerprint density at radius 2 is 2.05 bits per heavy atom. The molecule has 19 heavy (non-hydrogen) atoms. The Balaban J connectivity index is 2.05. The fourth-order valence-corrected chi connectivity index (χ4v) is 2.61. The molecular formula is C15H27N3O. The molecule has 0 spiro atoms. The zero-order valence-corrected chi connectivity index (χ0v) is 12.7. The lowest BCUT2D eigenvalue weighted by Crippen LogP contribution is -2.47. The SMILES string of the molecule is Cn1ccc(CC2(CNC(C)(C)C)CCOCC2)n1. The van der Waals surface area contributed by atoms with Crippen LogP contribution in [0.25, 0.3) is 0 Å². The van der Waals surface area contributed by atoms with E-state index in [9.17, 15) is 0 Å².